The largest absolute Gasteiger partial charge is 0.497 e. The molecule has 0 saturated heterocycles. The average molecular weight is 346 g/mol. The van der Waals surface area contributed by atoms with Gasteiger partial charge in [0.05, 0.1) is 7.11 Å². The molecule has 0 saturated carbocycles. The smallest absolute Gasteiger partial charge is 0.254 e. The summed E-state index contributed by atoms with van der Waals surface area (Å²) in [6, 6.07) is 13.7. The summed E-state index contributed by atoms with van der Waals surface area (Å²) in [7, 11) is 1.65. The van der Waals surface area contributed by atoms with Crippen LogP contribution in [-0.2, 0) is 13.0 Å². The van der Waals surface area contributed by atoms with Crippen molar-refractivity contribution in [1.29, 1.82) is 0 Å². The van der Waals surface area contributed by atoms with Crippen LogP contribution in [0.5, 0.6) is 5.75 Å². The van der Waals surface area contributed by atoms with Gasteiger partial charge in [-0.2, -0.15) is 0 Å². The molecule has 1 aliphatic rings. The minimum absolute atomic E-state index is 0.105. The van der Waals surface area contributed by atoms with Crippen LogP contribution in [-0.4, -0.2) is 24.5 Å². The van der Waals surface area contributed by atoms with Gasteiger partial charge in [-0.1, -0.05) is 34.1 Å². The molecule has 108 valence electrons. The second-order valence-corrected chi connectivity index (χ2v) is 5.95. The van der Waals surface area contributed by atoms with E-state index in [2.05, 4.69) is 15.9 Å². The van der Waals surface area contributed by atoms with E-state index in [0.717, 1.165) is 39.9 Å². The Hall–Kier alpha value is -1.81. The van der Waals surface area contributed by atoms with Crippen molar-refractivity contribution in [2.24, 2.45) is 0 Å². The van der Waals surface area contributed by atoms with Crippen molar-refractivity contribution >= 4 is 21.8 Å². The van der Waals surface area contributed by atoms with Gasteiger partial charge in [-0.25, -0.2) is 0 Å². The molecule has 0 atom stereocenters. The number of amides is 1. The molecule has 2 aromatic carbocycles. The lowest BCUT2D eigenvalue weighted by molar-refractivity contribution is 0.0726. The van der Waals surface area contributed by atoms with Crippen LogP contribution in [0.15, 0.2) is 46.9 Å². The number of ether oxygens (including phenoxy) is 1. The van der Waals surface area contributed by atoms with Gasteiger partial charge in [0.2, 0.25) is 0 Å². The van der Waals surface area contributed by atoms with Gasteiger partial charge in [-0.05, 0) is 41.8 Å². The Kier molecular flexibility index (Phi) is 3.97. The molecule has 0 unspecified atom stereocenters. The molecule has 21 heavy (non-hydrogen) atoms. The fraction of sp³-hybridized carbons (Fsp3) is 0.235. The van der Waals surface area contributed by atoms with Gasteiger partial charge in [0, 0.05) is 23.1 Å². The number of rotatable bonds is 3. The van der Waals surface area contributed by atoms with Crippen LogP contribution in [0, 0.1) is 0 Å². The molecule has 0 fully saturated rings. The van der Waals surface area contributed by atoms with E-state index >= 15 is 0 Å². The molecule has 0 spiro atoms. The maximum absolute atomic E-state index is 12.6. The molecule has 0 bridgehead atoms. The number of halogens is 1. The molecule has 1 aliphatic heterocycles. The second kappa shape index (κ2) is 5.90. The van der Waals surface area contributed by atoms with E-state index in [1.54, 1.807) is 7.11 Å². The molecule has 2 aromatic rings. The number of carbonyl (C=O) groups excluding carboxylic acids is 1. The van der Waals surface area contributed by atoms with E-state index in [9.17, 15) is 4.79 Å². The van der Waals surface area contributed by atoms with E-state index < -0.39 is 0 Å². The number of methoxy groups -OCH3 is 1. The number of carbonyl (C=O) groups is 1. The summed E-state index contributed by atoms with van der Waals surface area (Å²) < 4.78 is 6.18. The summed E-state index contributed by atoms with van der Waals surface area (Å²) in [5.74, 6) is 0.936. The molecular weight excluding hydrogens is 330 g/mol. The normalized spacial score (nSPS) is 14.0. The lowest BCUT2D eigenvalue weighted by atomic mass is 9.98. The Morgan fingerprint density at radius 3 is 2.67 bits per heavy atom. The highest BCUT2D eigenvalue weighted by Crippen LogP contribution is 2.27. The Morgan fingerprint density at radius 1 is 1.19 bits per heavy atom. The molecule has 3 nitrogen and oxygen atoms in total. The first-order valence-corrected chi connectivity index (χ1v) is 7.68. The minimum atomic E-state index is 0.105. The topological polar surface area (TPSA) is 29.5 Å². The lowest BCUT2D eigenvalue weighted by Gasteiger charge is -2.29. The molecule has 1 amide bonds. The van der Waals surface area contributed by atoms with Crippen molar-refractivity contribution in [3.8, 4) is 5.75 Å². The minimum Gasteiger partial charge on any atom is -0.497 e. The Bertz CT molecular complexity index is 667. The second-order valence-electron chi connectivity index (χ2n) is 5.09. The zero-order valence-electron chi connectivity index (χ0n) is 11.8. The molecule has 0 N–H and O–H groups in total. The average Bonchev–Trinajstić information content (AvgIpc) is 2.51. The van der Waals surface area contributed by atoms with E-state index in [0.29, 0.717) is 6.54 Å². The van der Waals surface area contributed by atoms with Gasteiger partial charge in [0.25, 0.3) is 5.91 Å². The Morgan fingerprint density at radius 2 is 1.95 bits per heavy atom. The van der Waals surface area contributed by atoms with E-state index in [1.807, 2.05) is 47.4 Å². The monoisotopic (exact) mass is 345 g/mol. The third-order valence-electron chi connectivity index (χ3n) is 3.80. The highest BCUT2D eigenvalue weighted by molar-refractivity contribution is 9.10. The predicted octanol–water partition coefficient (Wildman–Crippen LogP) is 3.66. The maximum atomic E-state index is 12.6. The third kappa shape index (κ3) is 2.81. The van der Waals surface area contributed by atoms with Crippen LogP contribution in [0.3, 0.4) is 0 Å². The van der Waals surface area contributed by atoms with Crippen molar-refractivity contribution in [1.82, 2.24) is 4.90 Å². The number of fused-ring (bicyclic) bond motifs is 1. The number of nitrogens with zero attached hydrogens (tertiary/aromatic N) is 1. The summed E-state index contributed by atoms with van der Waals surface area (Å²) in [5, 5.41) is 0. The van der Waals surface area contributed by atoms with Gasteiger partial charge < -0.3 is 9.64 Å². The van der Waals surface area contributed by atoms with E-state index in [1.165, 1.54) is 0 Å². The van der Waals surface area contributed by atoms with Gasteiger partial charge in [0.1, 0.15) is 5.75 Å². The molecular formula is C17H16BrNO2. The van der Waals surface area contributed by atoms with Crippen LogP contribution in [0.1, 0.15) is 21.5 Å². The van der Waals surface area contributed by atoms with Crippen LogP contribution in [0.4, 0.5) is 0 Å². The van der Waals surface area contributed by atoms with Crippen molar-refractivity contribution < 1.29 is 9.53 Å². The Balaban J connectivity index is 1.80. The first kappa shape index (κ1) is 14.1. The predicted molar refractivity (Wildman–Crippen MR) is 85.6 cm³/mol. The summed E-state index contributed by atoms with van der Waals surface area (Å²) in [5.41, 5.74) is 3.04. The van der Waals surface area contributed by atoms with Gasteiger partial charge in [0.15, 0.2) is 0 Å². The fourth-order valence-electron chi connectivity index (χ4n) is 2.63. The molecule has 0 aliphatic carbocycles. The van der Waals surface area contributed by atoms with E-state index in [-0.39, 0.29) is 5.91 Å². The molecule has 4 heteroatoms. The molecule has 0 radical (unpaired) electrons. The lowest BCUT2D eigenvalue weighted by Crippen LogP contribution is -2.37. The van der Waals surface area contributed by atoms with Crippen molar-refractivity contribution in [3.63, 3.8) is 0 Å². The van der Waals surface area contributed by atoms with Gasteiger partial charge >= 0.3 is 0 Å². The highest BCUT2D eigenvalue weighted by Gasteiger charge is 2.25. The first-order chi connectivity index (χ1) is 10.2. The number of hydrogen-bond donors (Lipinski definition) is 0. The van der Waals surface area contributed by atoms with Crippen LogP contribution < -0.4 is 4.74 Å². The quantitative estimate of drug-likeness (QED) is 0.849. The molecule has 0 aromatic heterocycles. The zero-order valence-corrected chi connectivity index (χ0v) is 13.4. The summed E-state index contributed by atoms with van der Waals surface area (Å²) in [6.07, 6.45) is 0.888. The standard InChI is InChI=1S/C17H16BrNO2/c1-21-13-7-5-12(6-8-13)11-19-10-9-14-15(17(19)20)3-2-4-16(14)18/h2-8H,9-11H2,1H3. The van der Waals surface area contributed by atoms with Gasteiger partial charge in [-0.15, -0.1) is 0 Å². The SMILES string of the molecule is COc1ccc(CN2CCc3c(Br)cccc3C2=O)cc1. The van der Waals surface area contributed by atoms with Crippen LogP contribution >= 0.6 is 15.9 Å². The van der Waals surface area contributed by atoms with E-state index in [4.69, 9.17) is 4.74 Å². The van der Waals surface area contributed by atoms with Crippen LogP contribution in [0.2, 0.25) is 0 Å². The van der Waals surface area contributed by atoms with Crippen molar-refractivity contribution in [3.05, 3.63) is 63.6 Å². The van der Waals surface area contributed by atoms with Crippen molar-refractivity contribution in [2.45, 2.75) is 13.0 Å². The fourth-order valence-corrected chi connectivity index (χ4v) is 3.20. The first-order valence-electron chi connectivity index (χ1n) is 6.88. The summed E-state index contributed by atoms with van der Waals surface area (Å²) >= 11 is 3.53. The zero-order chi connectivity index (χ0) is 14.8. The maximum Gasteiger partial charge on any atom is 0.254 e. The molecule has 1 heterocycles. The third-order valence-corrected chi connectivity index (χ3v) is 4.54. The van der Waals surface area contributed by atoms with Crippen LogP contribution in [0.25, 0.3) is 0 Å². The summed E-state index contributed by atoms with van der Waals surface area (Å²) in [4.78, 5) is 14.5. The van der Waals surface area contributed by atoms with Gasteiger partial charge in [-0.3, -0.25) is 4.79 Å². The highest BCUT2D eigenvalue weighted by atomic mass is 79.9. The Labute approximate surface area is 132 Å². The van der Waals surface area contributed by atoms with Crippen molar-refractivity contribution in [2.75, 3.05) is 13.7 Å². The summed E-state index contributed by atoms with van der Waals surface area (Å²) in [6.45, 7) is 1.38. The molecule has 3 rings (SSSR count). The number of hydrogen-bond acceptors (Lipinski definition) is 2. The number of benzene rings is 2.